The maximum absolute atomic E-state index is 13.2. The van der Waals surface area contributed by atoms with Gasteiger partial charge in [-0.2, -0.15) is 10.4 Å². The molecule has 0 aliphatic heterocycles. The lowest BCUT2D eigenvalue weighted by Crippen LogP contribution is -2.09. The van der Waals surface area contributed by atoms with Gasteiger partial charge in [-0.1, -0.05) is 12.1 Å². The second-order valence-electron chi connectivity index (χ2n) is 7.12. The van der Waals surface area contributed by atoms with E-state index in [9.17, 15) is 9.65 Å². The Bertz CT molecular complexity index is 1030. The monoisotopic (exact) mass is 376 g/mol. The van der Waals surface area contributed by atoms with Crippen molar-refractivity contribution >= 4 is 22.9 Å². The highest BCUT2D eigenvalue weighted by Crippen LogP contribution is 2.40. The van der Waals surface area contributed by atoms with E-state index in [1.807, 2.05) is 13.0 Å². The van der Waals surface area contributed by atoms with Gasteiger partial charge in [-0.15, -0.1) is 0 Å². The van der Waals surface area contributed by atoms with Crippen LogP contribution < -0.4 is 16.4 Å². The number of hydrogen-bond donors (Lipinski definition) is 4. The number of nitriles is 1. The second kappa shape index (κ2) is 7.24. The van der Waals surface area contributed by atoms with Crippen LogP contribution in [0.1, 0.15) is 48.5 Å². The number of nitrogens with zero attached hydrogens (tertiary/aromatic N) is 2. The third-order valence-electron chi connectivity index (χ3n) is 4.93. The van der Waals surface area contributed by atoms with Crippen LogP contribution in [-0.4, -0.2) is 10.2 Å². The summed E-state index contributed by atoms with van der Waals surface area (Å²) in [6.45, 7) is 1.95. The average molecular weight is 376 g/mol. The molecule has 1 aromatic heterocycles. The van der Waals surface area contributed by atoms with Crippen LogP contribution in [0.3, 0.4) is 0 Å². The average Bonchev–Trinajstić information content (AvgIpc) is 3.44. The highest BCUT2D eigenvalue weighted by Gasteiger charge is 2.25. The smallest absolute Gasteiger partial charge is 0.152 e. The fraction of sp³-hybridized carbons (Fsp3) is 0.238. The summed E-state index contributed by atoms with van der Waals surface area (Å²) in [6.07, 6.45) is 2.38. The Morgan fingerprint density at radius 3 is 2.64 bits per heavy atom. The summed E-state index contributed by atoms with van der Waals surface area (Å²) in [7, 11) is 0. The minimum absolute atomic E-state index is 0.115. The van der Waals surface area contributed by atoms with Crippen LogP contribution in [0.4, 0.5) is 27.3 Å². The summed E-state index contributed by atoms with van der Waals surface area (Å²) in [4.78, 5) is 0. The number of nitrogens with two attached hydrogens (primary N) is 1. The summed E-state index contributed by atoms with van der Waals surface area (Å²) >= 11 is 0. The number of hydrogen-bond acceptors (Lipinski definition) is 5. The lowest BCUT2D eigenvalue weighted by molar-refractivity contribution is 0.626. The Labute approximate surface area is 162 Å². The van der Waals surface area contributed by atoms with E-state index in [-0.39, 0.29) is 11.9 Å². The first-order chi connectivity index (χ1) is 13.5. The standard InChI is InChI=1S/C21H21FN6/c1-12(13-4-6-16(22)7-5-13)25-18-9-20(17(24)8-15(18)11-23)26-21-10-19(27-28-21)14-2-3-14/h4-10,12,14,25H,2-3,24H2,1H3,(H2,26,27,28). The van der Waals surface area contributed by atoms with Gasteiger partial charge in [0.1, 0.15) is 11.9 Å². The summed E-state index contributed by atoms with van der Waals surface area (Å²) in [5, 5.41) is 23.4. The number of aromatic amines is 1. The van der Waals surface area contributed by atoms with Crippen molar-refractivity contribution in [1.29, 1.82) is 5.26 Å². The van der Waals surface area contributed by atoms with E-state index in [0.29, 0.717) is 34.4 Å². The molecule has 142 valence electrons. The number of benzene rings is 2. The van der Waals surface area contributed by atoms with Crippen LogP contribution in [0, 0.1) is 17.1 Å². The number of nitrogens with one attached hydrogen (secondary N) is 3. The molecule has 0 saturated heterocycles. The Morgan fingerprint density at radius 1 is 1.21 bits per heavy atom. The van der Waals surface area contributed by atoms with Gasteiger partial charge < -0.3 is 16.4 Å². The van der Waals surface area contributed by atoms with E-state index in [1.165, 1.54) is 25.0 Å². The molecule has 6 nitrogen and oxygen atoms in total. The fourth-order valence-corrected chi connectivity index (χ4v) is 3.15. The number of aromatic nitrogens is 2. The van der Waals surface area contributed by atoms with E-state index < -0.39 is 0 Å². The highest BCUT2D eigenvalue weighted by molar-refractivity contribution is 5.79. The molecule has 1 unspecified atom stereocenters. The molecular weight excluding hydrogens is 355 g/mol. The van der Waals surface area contributed by atoms with Gasteiger partial charge in [0.2, 0.25) is 0 Å². The van der Waals surface area contributed by atoms with E-state index in [4.69, 9.17) is 5.73 Å². The molecule has 0 spiro atoms. The lowest BCUT2D eigenvalue weighted by Gasteiger charge is -2.18. The molecule has 1 aliphatic carbocycles. The number of nitrogen functional groups attached to an aromatic ring is 1. The zero-order valence-corrected chi connectivity index (χ0v) is 15.5. The molecule has 28 heavy (non-hydrogen) atoms. The number of anilines is 4. The molecule has 2 aromatic carbocycles. The molecule has 7 heteroatoms. The van der Waals surface area contributed by atoms with Crippen LogP contribution in [0.25, 0.3) is 0 Å². The zero-order valence-electron chi connectivity index (χ0n) is 15.5. The summed E-state index contributed by atoms with van der Waals surface area (Å²) in [5.41, 5.74) is 10.4. The van der Waals surface area contributed by atoms with Crippen LogP contribution >= 0.6 is 0 Å². The zero-order chi connectivity index (χ0) is 19.7. The minimum atomic E-state index is -0.280. The SMILES string of the molecule is CC(Nc1cc(Nc2cc(C3CC3)[nH]n2)c(N)cc1C#N)c1ccc(F)cc1. The number of halogens is 1. The molecule has 1 aliphatic rings. The van der Waals surface area contributed by atoms with Gasteiger partial charge in [0, 0.05) is 23.7 Å². The lowest BCUT2D eigenvalue weighted by atomic mass is 10.1. The van der Waals surface area contributed by atoms with Gasteiger partial charge in [0.05, 0.1) is 22.6 Å². The maximum Gasteiger partial charge on any atom is 0.152 e. The predicted octanol–water partition coefficient (Wildman–Crippen LogP) is 4.80. The van der Waals surface area contributed by atoms with Crippen LogP contribution in [-0.2, 0) is 0 Å². The molecule has 1 heterocycles. The third kappa shape index (κ3) is 3.76. The second-order valence-corrected chi connectivity index (χ2v) is 7.12. The van der Waals surface area contributed by atoms with Crippen molar-refractivity contribution in [3.05, 3.63) is 65.1 Å². The first kappa shape index (κ1) is 17.9. The molecule has 3 aromatic rings. The quantitative estimate of drug-likeness (QED) is 0.463. The topological polar surface area (TPSA) is 103 Å². The van der Waals surface area contributed by atoms with Crippen molar-refractivity contribution in [2.24, 2.45) is 0 Å². The Kier molecular flexibility index (Phi) is 4.62. The predicted molar refractivity (Wildman–Crippen MR) is 108 cm³/mol. The number of rotatable bonds is 6. The summed E-state index contributed by atoms with van der Waals surface area (Å²) in [5.74, 6) is 0.989. The van der Waals surface area contributed by atoms with Crippen LogP contribution in [0.2, 0.25) is 0 Å². The van der Waals surface area contributed by atoms with Gasteiger partial charge in [0.15, 0.2) is 5.82 Å². The molecule has 0 bridgehead atoms. The van der Waals surface area contributed by atoms with E-state index in [2.05, 4.69) is 26.9 Å². The summed E-state index contributed by atoms with van der Waals surface area (Å²) in [6, 6.07) is 13.8. The van der Waals surface area contributed by atoms with Gasteiger partial charge in [-0.05, 0) is 49.6 Å². The number of H-pyrrole nitrogens is 1. The van der Waals surface area contributed by atoms with Crippen molar-refractivity contribution in [2.45, 2.75) is 31.7 Å². The maximum atomic E-state index is 13.2. The minimum Gasteiger partial charge on any atom is -0.397 e. The van der Waals surface area contributed by atoms with Gasteiger partial charge in [-0.25, -0.2) is 4.39 Å². The van der Waals surface area contributed by atoms with E-state index in [1.54, 1.807) is 24.3 Å². The summed E-state index contributed by atoms with van der Waals surface area (Å²) < 4.78 is 13.2. The fourth-order valence-electron chi connectivity index (χ4n) is 3.15. The van der Waals surface area contributed by atoms with Crippen molar-refractivity contribution in [3.63, 3.8) is 0 Å². The Morgan fingerprint density at radius 2 is 1.96 bits per heavy atom. The van der Waals surface area contributed by atoms with E-state index >= 15 is 0 Å². The molecule has 1 atom stereocenters. The highest BCUT2D eigenvalue weighted by atomic mass is 19.1. The van der Waals surface area contributed by atoms with Crippen molar-refractivity contribution in [2.75, 3.05) is 16.4 Å². The first-order valence-corrected chi connectivity index (χ1v) is 9.21. The molecule has 1 saturated carbocycles. The van der Waals surface area contributed by atoms with Crippen LogP contribution in [0.15, 0.2) is 42.5 Å². The molecule has 5 N–H and O–H groups in total. The molecule has 4 rings (SSSR count). The van der Waals surface area contributed by atoms with Crippen molar-refractivity contribution < 1.29 is 4.39 Å². The molecular formula is C21H21FN6. The van der Waals surface area contributed by atoms with Gasteiger partial charge >= 0.3 is 0 Å². The largest absolute Gasteiger partial charge is 0.397 e. The van der Waals surface area contributed by atoms with Gasteiger partial charge in [-0.3, -0.25) is 5.10 Å². The molecule has 1 fully saturated rings. The molecule has 0 amide bonds. The third-order valence-corrected chi connectivity index (χ3v) is 4.93. The van der Waals surface area contributed by atoms with Crippen molar-refractivity contribution in [3.8, 4) is 6.07 Å². The normalized spacial score (nSPS) is 14.3. The van der Waals surface area contributed by atoms with Crippen LogP contribution in [0.5, 0.6) is 0 Å². The Balaban J connectivity index is 1.57. The first-order valence-electron chi connectivity index (χ1n) is 9.21. The van der Waals surface area contributed by atoms with Gasteiger partial charge in [0.25, 0.3) is 0 Å². The Hall–Kier alpha value is -3.53. The van der Waals surface area contributed by atoms with Crippen molar-refractivity contribution in [1.82, 2.24) is 10.2 Å². The van der Waals surface area contributed by atoms with E-state index in [0.717, 1.165) is 11.3 Å². The molecule has 0 radical (unpaired) electrons.